The van der Waals surface area contributed by atoms with Crippen LogP contribution in [0.5, 0.6) is 0 Å². The van der Waals surface area contributed by atoms with Gasteiger partial charge >= 0.3 is 0 Å². The number of hydrogen-bond acceptors (Lipinski definition) is 4. The molecule has 0 amide bonds. The molecule has 0 aliphatic carbocycles. The van der Waals surface area contributed by atoms with Crippen LogP contribution in [-0.2, 0) is 6.54 Å². The number of rotatable bonds is 4. The largest absolute Gasteiger partial charge is 0.389 e. The second-order valence-corrected chi connectivity index (χ2v) is 4.81. The Morgan fingerprint density at radius 3 is 2.68 bits per heavy atom. The molecule has 0 radical (unpaired) electrons. The molecule has 3 N–H and O–H groups in total. The van der Waals surface area contributed by atoms with Crippen molar-refractivity contribution in [1.82, 2.24) is 9.97 Å². The molecule has 0 aliphatic rings. The average molecular weight is 272 g/mol. The highest BCUT2D eigenvalue weighted by Crippen LogP contribution is 2.11. The molecule has 5 heteroatoms. The molecule has 2 aromatic heterocycles. The molecular weight excluding hydrogens is 256 g/mol. The van der Waals surface area contributed by atoms with Crippen LogP contribution in [0.15, 0.2) is 30.3 Å². The molecule has 2 aromatic rings. The lowest BCUT2D eigenvalue weighted by molar-refractivity contribution is 0.999. The molecule has 98 valence electrons. The van der Waals surface area contributed by atoms with Gasteiger partial charge in [-0.25, -0.2) is 4.98 Å². The Bertz CT molecular complexity index is 610. The van der Waals surface area contributed by atoms with E-state index in [0.29, 0.717) is 11.5 Å². The highest BCUT2D eigenvalue weighted by atomic mass is 32.1. The van der Waals surface area contributed by atoms with E-state index in [2.05, 4.69) is 15.3 Å². The van der Waals surface area contributed by atoms with Crippen LogP contribution in [0.25, 0.3) is 0 Å². The molecule has 4 nitrogen and oxygen atoms in total. The number of nitrogens with one attached hydrogen (secondary N) is 1. The minimum absolute atomic E-state index is 0.377. The molecule has 0 atom stereocenters. The van der Waals surface area contributed by atoms with E-state index in [1.165, 1.54) is 0 Å². The van der Waals surface area contributed by atoms with Gasteiger partial charge in [0.2, 0.25) is 0 Å². The van der Waals surface area contributed by atoms with Crippen molar-refractivity contribution in [3.8, 4) is 0 Å². The molecule has 0 saturated carbocycles. The zero-order valence-corrected chi connectivity index (χ0v) is 11.8. The van der Waals surface area contributed by atoms with E-state index >= 15 is 0 Å². The summed E-state index contributed by atoms with van der Waals surface area (Å²) in [6.07, 6.45) is 0. The molecule has 0 unspecified atom stereocenters. The summed E-state index contributed by atoms with van der Waals surface area (Å²) in [5.41, 5.74) is 9.32. The van der Waals surface area contributed by atoms with Crippen LogP contribution in [-0.4, -0.2) is 15.0 Å². The van der Waals surface area contributed by atoms with Crippen LogP contribution >= 0.6 is 12.2 Å². The maximum atomic E-state index is 5.64. The molecular formula is C14H16N4S. The van der Waals surface area contributed by atoms with Gasteiger partial charge in [-0.2, -0.15) is 0 Å². The topological polar surface area (TPSA) is 63.8 Å². The summed E-state index contributed by atoms with van der Waals surface area (Å²) in [5, 5.41) is 3.24. The van der Waals surface area contributed by atoms with Crippen molar-refractivity contribution in [2.24, 2.45) is 5.73 Å². The van der Waals surface area contributed by atoms with Crippen LogP contribution in [0, 0.1) is 13.8 Å². The first kappa shape index (κ1) is 13.4. The van der Waals surface area contributed by atoms with Gasteiger partial charge in [0.1, 0.15) is 10.8 Å². The number of nitrogens with two attached hydrogens (primary N) is 1. The van der Waals surface area contributed by atoms with Gasteiger partial charge in [-0.05, 0) is 38.1 Å². The summed E-state index contributed by atoms with van der Waals surface area (Å²) < 4.78 is 0. The lowest BCUT2D eigenvalue weighted by Crippen LogP contribution is -2.11. The van der Waals surface area contributed by atoms with Crippen LogP contribution in [0.4, 0.5) is 5.82 Å². The summed E-state index contributed by atoms with van der Waals surface area (Å²) in [6.45, 7) is 4.51. The SMILES string of the molecule is Cc1cccc(CNc2cc(C(N)=S)cc(C)n2)n1. The van der Waals surface area contributed by atoms with E-state index in [0.717, 1.165) is 28.5 Å². The van der Waals surface area contributed by atoms with Crippen LogP contribution < -0.4 is 11.1 Å². The van der Waals surface area contributed by atoms with Gasteiger partial charge in [0.25, 0.3) is 0 Å². The van der Waals surface area contributed by atoms with Gasteiger partial charge in [0, 0.05) is 17.0 Å². The number of nitrogens with zero attached hydrogens (tertiary/aromatic N) is 2. The maximum absolute atomic E-state index is 5.64. The van der Waals surface area contributed by atoms with Gasteiger partial charge in [-0.15, -0.1) is 0 Å². The summed E-state index contributed by atoms with van der Waals surface area (Å²) >= 11 is 4.99. The van der Waals surface area contributed by atoms with Gasteiger partial charge in [-0.3, -0.25) is 4.98 Å². The van der Waals surface area contributed by atoms with Crippen molar-refractivity contribution in [2.75, 3.05) is 5.32 Å². The molecule has 0 bridgehead atoms. The second kappa shape index (κ2) is 5.75. The number of pyridine rings is 2. The molecule has 19 heavy (non-hydrogen) atoms. The van der Waals surface area contributed by atoms with Crippen LogP contribution in [0.3, 0.4) is 0 Å². The highest BCUT2D eigenvalue weighted by Gasteiger charge is 2.03. The lowest BCUT2D eigenvalue weighted by atomic mass is 10.2. The number of aromatic nitrogens is 2. The predicted octanol–water partition coefficient (Wildman–Crippen LogP) is 2.34. The normalized spacial score (nSPS) is 10.2. The monoisotopic (exact) mass is 272 g/mol. The molecule has 2 rings (SSSR count). The Balaban J connectivity index is 2.13. The van der Waals surface area contributed by atoms with Crippen molar-refractivity contribution in [2.45, 2.75) is 20.4 Å². The second-order valence-electron chi connectivity index (χ2n) is 4.37. The smallest absolute Gasteiger partial charge is 0.127 e. The molecule has 0 spiro atoms. The zero-order chi connectivity index (χ0) is 13.8. The Hall–Kier alpha value is -2.01. The van der Waals surface area contributed by atoms with E-state index in [4.69, 9.17) is 18.0 Å². The summed E-state index contributed by atoms with van der Waals surface area (Å²) in [7, 11) is 0. The van der Waals surface area contributed by atoms with Gasteiger partial charge in [-0.1, -0.05) is 18.3 Å². The van der Waals surface area contributed by atoms with Crippen LogP contribution in [0.2, 0.25) is 0 Å². The summed E-state index contributed by atoms with van der Waals surface area (Å²) in [6, 6.07) is 9.66. The Labute approximate surface area is 118 Å². The fourth-order valence-corrected chi connectivity index (χ4v) is 1.90. The third-order valence-electron chi connectivity index (χ3n) is 2.63. The van der Waals surface area contributed by atoms with Gasteiger partial charge in [0.05, 0.1) is 12.2 Å². The average Bonchev–Trinajstić information content (AvgIpc) is 2.36. The fraction of sp³-hybridized carbons (Fsp3) is 0.214. The fourth-order valence-electron chi connectivity index (χ4n) is 1.78. The minimum atomic E-state index is 0.377. The van der Waals surface area contributed by atoms with Crippen molar-refractivity contribution in [3.05, 3.63) is 53.0 Å². The van der Waals surface area contributed by atoms with E-state index in [-0.39, 0.29) is 0 Å². The molecule has 0 saturated heterocycles. The summed E-state index contributed by atoms with van der Waals surface area (Å²) in [4.78, 5) is 9.20. The number of anilines is 1. The Morgan fingerprint density at radius 2 is 2.00 bits per heavy atom. The lowest BCUT2D eigenvalue weighted by Gasteiger charge is -2.08. The first-order chi connectivity index (χ1) is 9.04. The minimum Gasteiger partial charge on any atom is -0.389 e. The Kier molecular flexibility index (Phi) is 4.06. The molecule has 0 aliphatic heterocycles. The van der Waals surface area contributed by atoms with E-state index in [9.17, 15) is 0 Å². The Morgan fingerprint density at radius 1 is 1.21 bits per heavy atom. The molecule has 0 aromatic carbocycles. The van der Waals surface area contributed by atoms with Crippen molar-refractivity contribution >= 4 is 23.0 Å². The van der Waals surface area contributed by atoms with Crippen molar-refractivity contribution in [1.29, 1.82) is 0 Å². The highest BCUT2D eigenvalue weighted by molar-refractivity contribution is 7.80. The first-order valence-corrected chi connectivity index (χ1v) is 6.40. The molecule has 0 fully saturated rings. The third-order valence-corrected chi connectivity index (χ3v) is 2.87. The third kappa shape index (κ3) is 3.72. The van der Waals surface area contributed by atoms with E-state index < -0.39 is 0 Å². The quantitative estimate of drug-likeness (QED) is 0.836. The summed E-state index contributed by atoms with van der Waals surface area (Å²) in [5.74, 6) is 0.756. The van der Waals surface area contributed by atoms with E-state index in [1.807, 2.05) is 44.2 Å². The predicted molar refractivity (Wildman–Crippen MR) is 81.2 cm³/mol. The van der Waals surface area contributed by atoms with Gasteiger partial charge in [0.15, 0.2) is 0 Å². The van der Waals surface area contributed by atoms with Gasteiger partial charge < -0.3 is 11.1 Å². The van der Waals surface area contributed by atoms with Crippen molar-refractivity contribution in [3.63, 3.8) is 0 Å². The van der Waals surface area contributed by atoms with Crippen molar-refractivity contribution < 1.29 is 0 Å². The zero-order valence-electron chi connectivity index (χ0n) is 11.0. The first-order valence-electron chi connectivity index (χ1n) is 5.99. The number of hydrogen-bond donors (Lipinski definition) is 2. The van der Waals surface area contributed by atoms with E-state index in [1.54, 1.807) is 0 Å². The standard InChI is InChI=1S/C14H16N4S/c1-9-4-3-5-12(17-9)8-16-13-7-11(14(15)19)6-10(2)18-13/h3-7H,8H2,1-2H3,(H2,15,19)(H,16,18). The molecule has 2 heterocycles. The maximum Gasteiger partial charge on any atom is 0.127 e. The number of aryl methyl sites for hydroxylation is 2. The van der Waals surface area contributed by atoms with Crippen LogP contribution in [0.1, 0.15) is 22.6 Å². The number of thiocarbonyl (C=S) groups is 1.